The van der Waals surface area contributed by atoms with Crippen LogP contribution in [0, 0.1) is 5.92 Å². The first-order valence-electron chi connectivity index (χ1n) is 6.41. The summed E-state index contributed by atoms with van der Waals surface area (Å²) in [7, 11) is 0. The lowest BCUT2D eigenvalue weighted by molar-refractivity contribution is 0.0855. The first kappa shape index (κ1) is 14.0. The number of halogens is 2. The minimum Gasteiger partial charge on any atom is -0.491 e. The van der Waals surface area contributed by atoms with E-state index in [-0.39, 0.29) is 0 Å². The number of benzene rings is 1. The Morgan fingerprint density at radius 3 is 2.61 bits per heavy atom. The molecule has 1 N–H and O–H groups in total. The van der Waals surface area contributed by atoms with E-state index in [0.29, 0.717) is 28.3 Å². The first-order valence-corrected chi connectivity index (χ1v) is 7.16. The second-order valence-corrected chi connectivity index (χ2v) is 5.74. The summed E-state index contributed by atoms with van der Waals surface area (Å²) in [6, 6.07) is 5.13. The Morgan fingerprint density at radius 1 is 1.22 bits per heavy atom. The molecule has 2 rings (SSSR count). The van der Waals surface area contributed by atoms with Crippen LogP contribution in [0.5, 0.6) is 5.75 Å². The van der Waals surface area contributed by atoms with Gasteiger partial charge in [0.1, 0.15) is 12.4 Å². The average molecular weight is 289 g/mol. The van der Waals surface area contributed by atoms with Crippen molar-refractivity contribution < 1.29 is 9.84 Å². The molecule has 1 aliphatic carbocycles. The molecule has 4 heteroatoms. The molecule has 18 heavy (non-hydrogen) atoms. The zero-order valence-electron chi connectivity index (χ0n) is 10.2. The van der Waals surface area contributed by atoms with Crippen LogP contribution in [0.2, 0.25) is 10.0 Å². The van der Waals surface area contributed by atoms with Crippen molar-refractivity contribution in [1.82, 2.24) is 0 Å². The van der Waals surface area contributed by atoms with Crippen LogP contribution in [0.1, 0.15) is 32.1 Å². The van der Waals surface area contributed by atoms with E-state index in [1.807, 2.05) is 0 Å². The highest BCUT2D eigenvalue weighted by molar-refractivity contribution is 6.42. The van der Waals surface area contributed by atoms with Crippen LogP contribution < -0.4 is 4.74 Å². The Morgan fingerprint density at radius 2 is 1.94 bits per heavy atom. The zero-order valence-corrected chi connectivity index (χ0v) is 11.8. The maximum absolute atomic E-state index is 9.91. The van der Waals surface area contributed by atoms with Crippen molar-refractivity contribution in [3.8, 4) is 5.75 Å². The highest BCUT2D eigenvalue weighted by atomic mass is 35.5. The van der Waals surface area contributed by atoms with E-state index in [9.17, 15) is 5.11 Å². The van der Waals surface area contributed by atoms with E-state index in [0.717, 1.165) is 6.42 Å². The van der Waals surface area contributed by atoms with Gasteiger partial charge in [-0.1, -0.05) is 48.9 Å². The monoisotopic (exact) mass is 288 g/mol. The Kier molecular flexibility index (Phi) is 5.16. The van der Waals surface area contributed by atoms with Gasteiger partial charge in [-0.15, -0.1) is 0 Å². The minimum absolute atomic E-state index is 0.314. The lowest BCUT2D eigenvalue weighted by Crippen LogP contribution is -2.20. The highest BCUT2D eigenvalue weighted by Crippen LogP contribution is 2.29. The summed E-state index contributed by atoms with van der Waals surface area (Å²) >= 11 is 11.7. The molecule has 1 atom stereocenters. The molecule has 0 heterocycles. The topological polar surface area (TPSA) is 29.5 Å². The molecule has 1 aliphatic rings. The quantitative estimate of drug-likeness (QED) is 0.875. The fourth-order valence-electron chi connectivity index (χ4n) is 2.46. The third-order valence-electron chi connectivity index (χ3n) is 3.41. The SMILES string of the molecule is OC(COc1ccc(Cl)c(Cl)c1)CC1CCCC1. The molecule has 0 amide bonds. The summed E-state index contributed by atoms with van der Waals surface area (Å²) in [5, 5.41) is 10.9. The third-order valence-corrected chi connectivity index (χ3v) is 4.15. The van der Waals surface area contributed by atoms with Crippen LogP contribution in [0.15, 0.2) is 18.2 Å². The van der Waals surface area contributed by atoms with Crippen LogP contribution in [0.3, 0.4) is 0 Å². The van der Waals surface area contributed by atoms with Crippen molar-refractivity contribution in [1.29, 1.82) is 0 Å². The number of ether oxygens (including phenoxy) is 1. The number of aliphatic hydroxyl groups excluding tert-OH is 1. The van der Waals surface area contributed by atoms with E-state index in [2.05, 4.69) is 0 Å². The molecule has 1 aromatic rings. The Labute approximate surface area is 118 Å². The normalized spacial score (nSPS) is 17.9. The molecule has 1 fully saturated rings. The van der Waals surface area contributed by atoms with Gasteiger partial charge in [0.05, 0.1) is 16.1 Å². The maximum Gasteiger partial charge on any atom is 0.121 e. The van der Waals surface area contributed by atoms with Crippen LogP contribution in [-0.4, -0.2) is 17.8 Å². The summed E-state index contributed by atoms with van der Waals surface area (Å²) in [4.78, 5) is 0. The van der Waals surface area contributed by atoms with Gasteiger partial charge in [0.15, 0.2) is 0 Å². The molecule has 0 aromatic heterocycles. The molecule has 0 spiro atoms. The number of rotatable bonds is 5. The van der Waals surface area contributed by atoms with Crippen LogP contribution in [0.25, 0.3) is 0 Å². The molecule has 0 radical (unpaired) electrons. The summed E-state index contributed by atoms with van der Waals surface area (Å²) in [6.07, 6.45) is 5.51. The third kappa shape index (κ3) is 4.04. The Hall–Kier alpha value is -0.440. The minimum atomic E-state index is -0.400. The average Bonchev–Trinajstić information content (AvgIpc) is 2.83. The Bertz CT molecular complexity index is 389. The van der Waals surface area contributed by atoms with Gasteiger partial charge in [0.2, 0.25) is 0 Å². The van der Waals surface area contributed by atoms with Crippen LogP contribution in [-0.2, 0) is 0 Å². The van der Waals surface area contributed by atoms with Crippen molar-refractivity contribution in [2.75, 3.05) is 6.61 Å². The fraction of sp³-hybridized carbons (Fsp3) is 0.571. The van der Waals surface area contributed by atoms with Crippen molar-refractivity contribution in [2.45, 2.75) is 38.2 Å². The molecule has 2 nitrogen and oxygen atoms in total. The first-order chi connectivity index (χ1) is 8.65. The number of aliphatic hydroxyl groups is 1. The summed E-state index contributed by atoms with van der Waals surface area (Å²) in [5.74, 6) is 1.31. The summed E-state index contributed by atoms with van der Waals surface area (Å²) in [5.41, 5.74) is 0. The maximum atomic E-state index is 9.91. The second-order valence-electron chi connectivity index (χ2n) is 4.93. The van der Waals surface area contributed by atoms with Crippen molar-refractivity contribution in [3.05, 3.63) is 28.2 Å². The van der Waals surface area contributed by atoms with Gasteiger partial charge in [-0.25, -0.2) is 0 Å². The molecular formula is C14H18Cl2O2. The second kappa shape index (κ2) is 6.65. The van der Waals surface area contributed by atoms with Crippen molar-refractivity contribution in [2.24, 2.45) is 5.92 Å². The lowest BCUT2D eigenvalue weighted by Gasteiger charge is -2.16. The smallest absolute Gasteiger partial charge is 0.121 e. The van der Waals surface area contributed by atoms with E-state index < -0.39 is 6.10 Å². The Balaban J connectivity index is 1.77. The number of hydrogen-bond donors (Lipinski definition) is 1. The number of hydrogen-bond acceptors (Lipinski definition) is 2. The van der Waals surface area contributed by atoms with Crippen LogP contribution in [0.4, 0.5) is 0 Å². The molecule has 1 unspecified atom stereocenters. The van der Waals surface area contributed by atoms with Gasteiger partial charge in [0.25, 0.3) is 0 Å². The molecule has 0 bridgehead atoms. The van der Waals surface area contributed by atoms with E-state index >= 15 is 0 Å². The molecule has 1 saturated carbocycles. The van der Waals surface area contributed by atoms with Crippen molar-refractivity contribution >= 4 is 23.2 Å². The standard InChI is InChI=1S/C14H18Cl2O2/c15-13-6-5-12(8-14(13)16)18-9-11(17)7-10-3-1-2-4-10/h5-6,8,10-11,17H,1-4,7,9H2. The summed E-state index contributed by atoms with van der Waals surface area (Å²) < 4.78 is 5.52. The van der Waals surface area contributed by atoms with E-state index in [1.54, 1.807) is 18.2 Å². The lowest BCUT2D eigenvalue weighted by atomic mass is 10.0. The summed E-state index contributed by atoms with van der Waals surface area (Å²) in [6.45, 7) is 0.314. The van der Waals surface area contributed by atoms with Crippen molar-refractivity contribution in [3.63, 3.8) is 0 Å². The van der Waals surface area contributed by atoms with Gasteiger partial charge in [0, 0.05) is 6.07 Å². The van der Waals surface area contributed by atoms with E-state index in [1.165, 1.54) is 25.7 Å². The van der Waals surface area contributed by atoms with Gasteiger partial charge in [-0.05, 0) is 24.5 Å². The van der Waals surface area contributed by atoms with Gasteiger partial charge < -0.3 is 9.84 Å². The van der Waals surface area contributed by atoms with Gasteiger partial charge >= 0.3 is 0 Å². The van der Waals surface area contributed by atoms with Gasteiger partial charge in [-0.3, -0.25) is 0 Å². The molecule has 0 aliphatic heterocycles. The largest absolute Gasteiger partial charge is 0.491 e. The predicted octanol–water partition coefficient (Wildman–Crippen LogP) is 4.31. The van der Waals surface area contributed by atoms with Crippen LogP contribution >= 0.6 is 23.2 Å². The zero-order chi connectivity index (χ0) is 13.0. The molecule has 0 saturated heterocycles. The predicted molar refractivity (Wildman–Crippen MR) is 74.5 cm³/mol. The fourth-order valence-corrected chi connectivity index (χ4v) is 2.75. The van der Waals surface area contributed by atoms with Gasteiger partial charge in [-0.2, -0.15) is 0 Å². The highest BCUT2D eigenvalue weighted by Gasteiger charge is 2.19. The van der Waals surface area contributed by atoms with E-state index in [4.69, 9.17) is 27.9 Å². The molecular weight excluding hydrogens is 271 g/mol. The molecule has 1 aromatic carbocycles. The molecule has 100 valence electrons.